The normalized spacial score (nSPS) is 12.6. The average molecular weight is 449 g/mol. The molecule has 2 amide bonds. The Morgan fingerprint density at radius 1 is 1.10 bits per heavy atom. The molecule has 7 nitrogen and oxygen atoms in total. The van der Waals surface area contributed by atoms with E-state index in [1.54, 1.807) is 35.6 Å². The molecule has 1 aromatic heterocycles. The lowest BCUT2D eigenvalue weighted by Crippen LogP contribution is -2.57. The van der Waals surface area contributed by atoms with Crippen molar-refractivity contribution in [3.8, 4) is 5.75 Å². The van der Waals surface area contributed by atoms with Crippen LogP contribution in [0.4, 0.5) is 10.5 Å². The number of thiophene rings is 1. The summed E-state index contributed by atoms with van der Waals surface area (Å²) in [4.78, 5) is 25.8. The van der Waals surface area contributed by atoms with Crippen molar-refractivity contribution in [2.24, 2.45) is 0 Å². The predicted molar refractivity (Wildman–Crippen MR) is 123 cm³/mol. The fraction of sp³-hybridized carbons (Fsp3) is 0.478. The van der Waals surface area contributed by atoms with Gasteiger partial charge < -0.3 is 25.2 Å². The first kappa shape index (κ1) is 24.7. The van der Waals surface area contributed by atoms with E-state index < -0.39 is 24.1 Å². The molecule has 0 aliphatic carbocycles. The number of ether oxygens (including phenoxy) is 2. The van der Waals surface area contributed by atoms with E-state index in [2.05, 4.69) is 28.1 Å². The van der Waals surface area contributed by atoms with E-state index in [1.165, 1.54) is 11.8 Å². The molecule has 0 spiro atoms. The molecule has 0 aliphatic rings. The van der Waals surface area contributed by atoms with E-state index in [4.69, 9.17) is 9.47 Å². The quantitative estimate of drug-likeness (QED) is 0.396. The van der Waals surface area contributed by atoms with Crippen LogP contribution in [0.5, 0.6) is 5.75 Å². The topological polar surface area (TPSA) is 96.9 Å². The van der Waals surface area contributed by atoms with Gasteiger partial charge in [0.1, 0.15) is 11.3 Å². The van der Waals surface area contributed by atoms with Crippen LogP contribution in [0.3, 0.4) is 0 Å². The van der Waals surface area contributed by atoms with Crippen LogP contribution >= 0.6 is 11.3 Å². The molecule has 3 N–H and O–H groups in total. The van der Waals surface area contributed by atoms with E-state index >= 15 is 0 Å². The van der Waals surface area contributed by atoms with Crippen LogP contribution < -0.4 is 15.4 Å². The van der Waals surface area contributed by atoms with Crippen molar-refractivity contribution >= 4 is 29.0 Å². The fourth-order valence-corrected chi connectivity index (χ4v) is 3.44. The van der Waals surface area contributed by atoms with Gasteiger partial charge in [-0.25, -0.2) is 4.79 Å². The molecule has 1 aromatic carbocycles. The van der Waals surface area contributed by atoms with Gasteiger partial charge in [-0.3, -0.25) is 4.79 Å². The lowest BCUT2D eigenvalue weighted by Gasteiger charge is -2.27. The van der Waals surface area contributed by atoms with Gasteiger partial charge in [0.05, 0.1) is 19.8 Å². The van der Waals surface area contributed by atoms with E-state index in [9.17, 15) is 14.7 Å². The SMILES string of the molecule is CCCCOC(=O)N[C@@](C)(CO)C(=O)Nc1ccc(OCCCCc2cccs2)cc1. The Morgan fingerprint density at radius 3 is 2.52 bits per heavy atom. The summed E-state index contributed by atoms with van der Waals surface area (Å²) < 4.78 is 10.8. The highest BCUT2D eigenvalue weighted by Gasteiger charge is 2.35. The molecule has 0 bridgehead atoms. The van der Waals surface area contributed by atoms with Crippen LogP contribution in [-0.4, -0.2) is 42.5 Å². The van der Waals surface area contributed by atoms with Crippen molar-refractivity contribution < 1.29 is 24.2 Å². The Bertz CT molecular complexity index is 795. The molecule has 0 unspecified atom stereocenters. The van der Waals surface area contributed by atoms with Gasteiger partial charge in [0.15, 0.2) is 0 Å². The van der Waals surface area contributed by atoms with Crippen molar-refractivity contribution in [2.45, 2.75) is 51.5 Å². The number of aryl methyl sites for hydroxylation is 1. The zero-order valence-corrected chi connectivity index (χ0v) is 19.0. The summed E-state index contributed by atoms with van der Waals surface area (Å²) in [6.45, 7) is 3.76. The Kier molecular flexibility index (Phi) is 10.3. The zero-order chi connectivity index (χ0) is 22.5. The van der Waals surface area contributed by atoms with Gasteiger partial charge in [-0.1, -0.05) is 19.4 Å². The average Bonchev–Trinajstić information content (AvgIpc) is 3.28. The number of carbonyl (C=O) groups is 2. The predicted octanol–water partition coefficient (Wildman–Crippen LogP) is 4.37. The minimum atomic E-state index is -1.50. The number of anilines is 1. The highest BCUT2D eigenvalue weighted by atomic mass is 32.1. The molecule has 2 aromatic rings. The van der Waals surface area contributed by atoms with Gasteiger partial charge in [-0.05, 0) is 68.3 Å². The summed E-state index contributed by atoms with van der Waals surface area (Å²) in [5.74, 6) is 0.182. The monoisotopic (exact) mass is 448 g/mol. The van der Waals surface area contributed by atoms with Crippen LogP contribution in [0.15, 0.2) is 41.8 Å². The summed E-state index contributed by atoms with van der Waals surface area (Å²) in [6.07, 6.45) is 3.99. The second kappa shape index (κ2) is 13.0. The first-order chi connectivity index (χ1) is 15.0. The maximum Gasteiger partial charge on any atom is 0.408 e. The third-order valence-electron chi connectivity index (χ3n) is 4.70. The van der Waals surface area contributed by atoms with Crippen molar-refractivity contribution in [2.75, 3.05) is 25.1 Å². The number of hydrogen-bond donors (Lipinski definition) is 3. The minimum absolute atomic E-state index is 0.265. The Balaban J connectivity index is 1.76. The molecule has 0 aliphatic heterocycles. The van der Waals surface area contributed by atoms with Gasteiger partial charge >= 0.3 is 6.09 Å². The Hall–Kier alpha value is -2.58. The lowest BCUT2D eigenvalue weighted by atomic mass is 10.0. The van der Waals surface area contributed by atoms with Gasteiger partial charge in [0.2, 0.25) is 0 Å². The summed E-state index contributed by atoms with van der Waals surface area (Å²) in [7, 11) is 0. The van der Waals surface area contributed by atoms with Crippen LogP contribution in [0.2, 0.25) is 0 Å². The summed E-state index contributed by atoms with van der Waals surface area (Å²) in [6, 6.07) is 11.2. The van der Waals surface area contributed by atoms with E-state index in [1.807, 2.05) is 6.92 Å². The van der Waals surface area contributed by atoms with Crippen molar-refractivity contribution in [3.05, 3.63) is 46.7 Å². The number of aliphatic hydroxyl groups is 1. The molecule has 0 fully saturated rings. The highest BCUT2D eigenvalue weighted by Crippen LogP contribution is 2.18. The van der Waals surface area contributed by atoms with E-state index in [-0.39, 0.29) is 6.61 Å². The number of nitrogens with one attached hydrogen (secondary N) is 2. The summed E-state index contributed by atoms with van der Waals surface area (Å²) in [5, 5.41) is 16.9. The van der Waals surface area contributed by atoms with Gasteiger partial charge in [-0.2, -0.15) is 0 Å². The largest absolute Gasteiger partial charge is 0.494 e. The minimum Gasteiger partial charge on any atom is -0.494 e. The van der Waals surface area contributed by atoms with Crippen molar-refractivity contribution in [1.82, 2.24) is 5.32 Å². The maximum atomic E-state index is 12.6. The molecule has 1 atom stereocenters. The van der Waals surface area contributed by atoms with Crippen LogP contribution in [0.25, 0.3) is 0 Å². The van der Waals surface area contributed by atoms with Gasteiger partial charge in [-0.15, -0.1) is 11.3 Å². The number of benzene rings is 1. The summed E-state index contributed by atoms with van der Waals surface area (Å²) >= 11 is 1.77. The van der Waals surface area contributed by atoms with Crippen LogP contribution in [-0.2, 0) is 16.0 Å². The molecule has 1 heterocycles. The van der Waals surface area contributed by atoms with E-state index in [0.29, 0.717) is 12.3 Å². The molecular weight excluding hydrogens is 416 g/mol. The smallest absolute Gasteiger partial charge is 0.408 e. The molecule has 170 valence electrons. The third-order valence-corrected chi connectivity index (χ3v) is 5.64. The van der Waals surface area contributed by atoms with Crippen molar-refractivity contribution in [1.29, 1.82) is 0 Å². The Labute approximate surface area is 187 Å². The standard InChI is InChI=1S/C23H32N2O5S/c1-3-4-14-30-22(28)25-23(2,17-26)21(27)24-18-10-12-19(13-11-18)29-15-6-5-8-20-9-7-16-31-20/h7,9-13,16,26H,3-6,8,14-15,17H2,1-2H3,(H,24,27)(H,25,28)/t23-/m0/s1. The Morgan fingerprint density at radius 2 is 1.87 bits per heavy atom. The van der Waals surface area contributed by atoms with Crippen molar-refractivity contribution in [3.63, 3.8) is 0 Å². The number of rotatable bonds is 13. The number of alkyl carbamates (subject to hydrolysis) is 1. The van der Waals surface area contributed by atoms with E-state index in [0.717, 1.165) is 37.9 Å². The number of carbonyl (C=O) groups excluding carboxylic acids is 2. The first-order valence-corrected chi connectivity index (χ1v) is 11.5. The number of hydrogen-bond acceptors (Lipinski definition) is 6. The molecular formula is C23H32N2O5S. The third kappa shape index (κ3) is 8.59. The molecule has 0 saturated heterocycles. The molecule has 8 heteroatoms. The maximum absolute atomic E-state index is 12.6. The molecule has 2 rings (SSSR count). The van der Waals surface area contributed by atoms with Crippen LogP contribution in [0, 0.1) is 0 Å². The van der Waals surface area contributed by atoms with Crippen LogP contribution in [0.1, 0.15) is 44.4 Å². The molecule has 0 radical (unpaired) electrons. The number of aliphatic hydroxyl groups excluding tert-OH is 1. The second-order valence-corrected chi connectivity index (χ2v) is 8.50. The lowest BCUT2D eigenvalue weighted by molar-refractivity contribution is -0.123. The van der Waals surface area contributed by atoms with Gasteiger partial charge in [0.25, 0.3) is 5.91 Å². The molecule has 0 saturated carbocycles. The molecule has 31 heavy (non-hydrogen) atoms. The highest BCUT2D eigenvalue weighted by molar-refractivity contribution is 7.09. The summed E-state index contributed by atoms with van der Waals surface area (Å²) in [5.41, 5.74) is -0.961. The number of amides is 2. The first-order valence-electron chi connectivity index (χ1n) is 10.6. The second-order valence-electron chi connectivity index (χ2n) is 7.47. The number of unbranched alkanes of at least 4 members (excludes halogenated alkanes) is 2. The fourth-order valence-electron chi connectivity index (χ4n) is 2.69. The van der Waals surface area contributed by atoms with Gasteiger partial charge in [0, 0.05) is 10.6 Å². The zero-order valence-electron chi connectivity index (χ0n) is 18.2.